The summed E-state index contributed by atoms with van der Waals surface area (Å²) in [4.78, 5) is 29.6. The maximum Gasteiger partial charge on any atom is 0.408 e. The second-order valence-corrected chi connectivity index (χ2v) is 6.68. The summed E-state index contributed by atoms with van der Waals surface area (Å²) in [7, 11) is 0. The number of alkyl carbamates (subject to hydrolysis) is 1. The highest BCUT2D eigenvalue weighted by Gasteiger charge is 2.53. The van der Waals surface area contributed by atoms with Gasteiger partial charge in [-0.3, -0.25) is 4.79 Å². The molecule has 2 aliphatic rings. The fourth-order valence-corrected chi connectivity index (χ4v) is 2.91. The van der Waals surface area contributed by atoms with Gasteiger partial charge < -0.3 is 19.6 Å². The van der Waals surface area contributed by atoms with E-state index in [1.807, 2.05) is 6.92 Å². The van der Waals surface area contributed by atoms with Gasteiger partial charge in [0.05, 0.1) is 24.3 Å². The Morgan fingerprint density at radius 3 is 2.68 bits per heavy atom. The SMILES string of the molecule is CCOC(=O)[C@H]1C[C@H]2C(C)=NO[C@H]2[C@@H]1NC(=O)OC(C)(C)C. The van der Waals surface area contributed by atoms with Crippen LogP contribution in [0.15, 0.2) is 5.16 Å². The van der Waals surface area contributed by atoms with Gasteiger partial charge in [-0.05, 0) is 41.0 Å². The second kappa shape index (κ2) is 6.14. The number of fused-ring (bicyclic) bond motifs is 1. The van der Waals surface area contributed by atoms with E-state index in [-0.39, 0.29) is 18.0 Å². The summed E-state index contributed by atoms with van der Waals surface area (Å²) in [6.07, 6.45) is -0.359. The number of nitrogens with one attached hydrogen (secondary N) is 1. The highest BCUT2D eigenvalue weighted by atomic mass is 16.6. The Labute approximate surface area is 130 Å². The molecule has 1 aliphatic heterocycles. The summed E-state index contributed by atoms with van der Waals surface area (Å²) in [5.41, 5.74) is 0.234. The predicted octanol–water partition coefficient (Wildman–Crippen LogP) is 1.85. The molecule has 7 heteroatoms. The van der Waals surface area contributed by atoms with E-state index in [2.05, 4.69) is 10.5 Å². The van der Waals surface area contributed by atoms with Gasteiger partial charge in [-0.25, -0.2) is 4.79 Å². The largest absolute Gasteiger partial charge is 0.466 e. The minimum Gasteiger partial charge on any atom is -0.466 e. The third-order valence-corrected chi connectivity index (χ3v) is 3.82. The number of carbonyl (C=O) groups is 2. The minimum atomic E-state index is -0.607. The van der Waals surface area contributed by atoms with E-state index in [9.17, 15) is 9.59 Å². The topological polar surface area (TPSA) is 86.2 Å². The molecule has 1 fully saturated rings. The first-order valence-electron chi connectivity index (χ1n) is 7.59. The quantitative estimate of drug-likeness (QED) is 0.804. The van der Waals surface area contributed by atoms with Crippen LogP contribution in [0.3, 0.4) is 0 Å². The van der Waals surface area contributed by atoms with Gasteiger partial charge in [0.1, 0.15) is 5.60 Å². The van der Waals surface area contributed by atoms with Gasteiger partial charge >= 0.3 is 12.1 Å². The average molecular weight is 312 g/mol. The molecule has 0 saturated heterocycles. The molecule has 7 nitrogen and oxygen atoms in total. The first kappa shape index (κ1) is 16.6. The van der Waals surface area contributed by atoms with Crippen molar-refractivity contribution in [3.8, 4) is 0 Å². The van der Waals surface area contributed by atoms with Gasteiger partial charge in [0, 0.05) is 5.92 Å². The van der Waals surface area contributed by atoms with E-state index < -0.39 is 23.7 Å². The van der Waals surface area contributed by atoms with Crippen molar-refractivity contribution in [1.29, 1.82) is 0 Å². The maximum atomic E-state index is 12.2. The number of amides is 1. The molecule has 4 atom stereocenters. The Hall–Kier alpha value is -1.79. The first-order chi connectivity index (χ1) is 10.2. The molecule has 2 rings (SSSR count). The molecule has 0 spiro atoms. The lowest BCUT2D eigenvalue weighted by molar-refractivity contribution is -0.149. The number of hydrogen-bond donors (Lipinski definition) is 1. The fourth-order valence-electron chi connectivity index (χ4n) is 2.91. The molecule has 1 aliphatic carbocycles. The molecule has 22 heavy (non-hydrogen) atoms. The monoisotopic (exact) mass is 312 g/mol. The van der Waals surface area contributed by atoms with E-state index >= 15 is 0 Å². The van der Waals surface area contributed by atoms with Gasteiger partial charge in [0.2, 0.25) is 0 Å². The summed E-state index contributed by atoms with van der Waals surface area (Å²) >= 11 is 0. The summed E-state index contributed by atoms with van der Waals surface area (Å²) in [5.74, 6) is -0.753. The molecular weight excluding hydrogens is 288 g/mol. The molecule has 0 aromatic carbocycles. The third kappa shape index (κ3) is 3.51. The van der Waals surface area contributed by atoms with Crippen LogP contribution in [0, 0.1) is 11.8 Å². The number of rotatable bonds is 3. The zero-order valence-electron chi connectivity index (χ0n) is 13.7. The van der Waals surface area contributed by atoms with E-state index in [1.165, 1.54) is 0 Å². The van der Waals surface area contributed by atoms with Crippen LogP contribution < -0.4 is 5.32 Å². The minimum absolute atomic E-state index is 0.0225. The zero-order chi connectivity index (χ0) is 16.5. The van der Waals surface area contributed by atoms with Crippen LogP contribution in [0.1, 0.15) is 41.0 Å². The molecular formula is C15H24N2O5. The van der Waals surface area contributed by atoms with Crippen molar-refractivity contribution in [2.45, 2.75) is 58.8 Å². The number of oxime groups is 1. The van der Waals surface area contributed by atoms with E-state index in [1.54, 1.807) is 27.7 Å². The van der Waals surface area contributed by atoms with Crippen LogP contribution in [0.5, 0.6) is 0 Å². The standard InChI is InChI=1S/C15H24N2O5/c1-6-20-13(18)10-7-9-8(2)17-22-12(9)11(10)16-14(19)21-15(3,4)5/h9-12H,6-7H2,1-5H3,(H,16,19)/t9-,10-,11+,12+/m0/s1. The Balaban J connectivity index is 2.10. The van der Waals surface area contributed by atoms with Crippen LogP contribution in [0.4, 0.5) is 4.79 Å². The van der Waals surface area contributed by atoms with Gasteiger partial charge in [0.25, 0.3) is 0 Å². The first-order valence-corrected chi connectivity index (χ1v) is 7.59. The Kier molecular flexibility index (Phi) is 4.63. The van der Waals surface area contributed by atoms with Crippen molar-refractivity contribution in [3.05, 3.63) is 0 Å². The lowest BCUT2D eigenvalue weighted by Gasteiger charge is -2.25. The Morgan fingerprint density at radius 1 is 1.41 bits per heavy atom. The van der Waals surface area contributed by atoms with Crippen molar-refractivity contribution in [2.24, 2.45) is 17.0 Å². The smallest absolute Gasteiger partial charge is 0.408 e. The van der Waals surface area contributed by atoms with Crippen molar-refractivity contribution < 1.29 is 23.9 Å². The van der Waals surface area contributed by atoms with Gasteiger partial charge in [-0.2, -0.15) is 0 Å². The fraction of sp³-hybridized carbons (Fsp3) is 0.800. The number of nitrogens with zero attached hydrogens (tertiary/aromatic N) is 1. The molecule has 0 bridgehead atoms. The number of hydrogen-bond acceptors (Lipinski definition) is 6. The Morgan fingerprint density at radius 2 is 2.09 bits per heavy atom. The van der Waals surface area contributed by atoms with Crippen LogP contribution in [0.25, 0.3) is 0 Å². The molecule has 0 radical (unpaired) electrons. The normalized spacial score (nSPS) is 30.1. The number of carbonyl (C=O) groups excluding carboxylic acids is 2. The molecule has 1 saturated carbocycles. The predicted molar refractivity (Wildman–Crippen MR) is 79.4 cm³/mol. The lowest BCUT2D eigenvalue weighted by atomic mass is 10.0. The molecule has 1 N–H and O–H groups in total. The summed E-state index contributed by atoms with van der Waals surface area (Å²) < 4.78 is 10.4. The molecule has 0 aromatic rings. The van der Waals surface area contributed by atoms with Gasteiger partial charge in [0.15, 0.2) is 6.10 Å². The summed E-state index contributed by atoms with van der Waals surface area (Å²) in [5, 5.41) is 6.72. The average Bonchev–Trinajstić information content (AvgIpc) is 2.89. The number of esters is 1. The van der Waals surface area contributed by atoms with Crippen LogP contribution >= 0.6 is 0 Å². The third-order valence-electron chi connectivity index (χ3n) is 3.82. The van der Waals surface area contributed by atoms with E-state index in [0.717, 1.165) is 5.71 Å². The lowest BCUT2D eigenvalue weighted by Crippen LogP contribution is -2.48. The van der Waals surface area contributed by atoms with Gasteiger partial charge in [-0.15, -0.1) is 0 Å². The number of ether oxygens (including phenoxy) is 2. The van der Waals surface area contributed by atoms with E-state index in [4.69, 9.17) is 14.3 Å². The molecule has 1 amide bonds. The van der Waals surface area contributed by atoms with Crippen molar-refractivity contribution >= 4 is 17.8 Å². The van der Waals surface area contributed by atoms with Gasteiger partial charge in [-0.1, -0.05) is 5.16 Å². The Bertz CT molecular complexity index is 483. The molecule has 124 valence electrons. The van der Waals surface area contributed by atoms with E-state index in [0.29, 0.717) is 13.0 Å². The summed E-state index contributed by atoms with van der Waals surface area (Å²) in [6.45, 7) is 9.28. The van der Waals surface area contributed by atoms with Crippen molar-refractivity contribution in [2.75, 3.05) is 6.61 Å². The summed E-state index contributed by atoms with van der Waals surface area (Å²) in [6, 6.07) is -0.500. The highest BCUT2D eigenvalue weighted by molar-refractivity contribution is 5.88. The second-order valence-electron chi connectivity index (χ2n) is 6.68. The van der Waals surface area contributed by atoms with Crippen LogP contribution in [0.2, 0.25) is 0 Å². The van der Waals surface area contributed by atoms with Crippen molar-refractivity contribution in [3.63, 3.8) is 0 Å². The maximum absolute atomic E-state index is 12.2. The highest BCUT2D eigenvalue weighted by Crippen LogP contribution is 2.39. The van der Waals surface area contributed by atoms with Crippen molar-refractivity contribution in [1.82, 2.24) is 5.32 Å². The molecule has 1 heterocycles. The van der Waals surface area contributed by atoms with Crippen LogP contribution in [-0.4, -0.2) is 42.1 Å². The zero-order valence-corrected chi connectivity index (χ0v) is 13.7. The molecule has 0 unspecified atom stereocenters. The van der Waals surface area contributed by atoms with Crippen LogP contribution in [-0.2, 0) is 19.1 Å². The molecule has 0 aromatic heterocycles.